The number of hydrogen-bond donors (Lipinski definition) is 1. The first-order chi connectivity index (χ1) is 7.15. The number of nitrogen functional groups attached to an aromatic ring is 1. The highest BCUT2D eigenvalue weighted by Gasteiger charge is 2.15. The van der Waals surface area contributed by atoms with Crippen molar-refractivity contribution in [3.8, 4) is 0 Å². The Balaban J connectivity index is 2.49. The van der Waals surface area contributed by atoms with Crippen molar-refractivity contribution in [1.82, 2.24) is 0 Å². The highest BCUT2D eigenvalue weighted by molar-refractivity contribution is 7.14. The lowest BCUT2D eigenvalue weighted by molar-refractivity contribution is -0.142. The van der Waals surface area contributed by atoms with Crippen LogP contribution in [-0.4, -0.2) is 25.0 Å². The second-order valence-electron chi connectivity index (χ2n) is 2.71. The van der Waals surface area contributed by atoms with Gasteiger partial charge in [-0.05, 0) is 11.4 Å². The van der Waals surface area contributed by atoms with Gasteiger partial charge in [-0.2, -0.15) is 0 Å². The number of carbonyl (C=O) groups is 2. The van der Waals surface area contributed by atoms with E-state index in [4.69, 9.17) is 5.73 Å². The quantitative estimate of drug-likeness (QED) is 0.472. The van der Waals surface area contributed by atoms with Gasteiger partial charge in [-0.3, -0.25) is 9.59 Å². The molecule has 1 rings (SSSR count). The minimum Gasteiger partial charge on any atom is -0.463 e. The molecule has 82 valence electrons. The van der Waals surface area contributed by atoms with Crippen LogP contribution in [-0.2, 0) is 9.53 Å². The second kappa shape index (κ2) is 5.45. The molecule has 0 aliphatic heterocycles. The molecule has 6 heteroatoms. The smallest absolute Gasteiger partial charge is 0.313 e. The molecule has 0 aromatic carbocycles. The van der Waals surface area contributed by atoms with E-state index in [1.807, 2.05) is 0 Å². The SMILES string of the molecule is Nc1sccc1C(=O)CC(=O)OCCF. The Labute approximate surface area is 89.8 Å². The van der Waals surface area contributed by atoms with Crippen molar-refractivity contribution in [3.63, 3.8) is 0 Å². The Morgan fingerprint density at radius 1 is 1.53 bits per heavy atom. The van der Waals surface area contributed by atoms with Crippen LogP contribution in [0.4, 0.5) is 9.39 Å². The van der Waals surface area contributed by atoms with Crippen molar-refractivity contribution in [1.29, 1.82) is 0 Å². The number of anilines is 1. The maximum Gasteiger partial charge on any atom is 0.313 e. The van der Waals surface area contributed by atoms with E-state index in [0.29, 0.717) is 10.6 Å². The molecule has 0 radical (unpaired) electrons. The summed E-state index contributed by atoms with van der Waals surface area (Å²) >= 11 is 1.22. The Hall–Kier alpha value is -1.43. The monoisotopic (exact) mass is 231 g/mol. The molecule has 0 unspecified atom stereocenters. The van der Waals surface area contributed by atoms with E-state index in [9.17, 15) is 14.0 Å². The summed E-state index contributed by atoms with van der Waals surface area (Å²) in [6, 6.07) is 1.55. The van der Waals surface area contributed by atoms with E-state index >= 15 is 0 Å². The zero-order valence-corrected chi connectivity index (χ0v) is 8.68. The van der Waals surface area contributed by atoms with E-state index in [0.717, 1.165) is 0 Å². The third-order valence-electron chi connectivity index (χ3n) is 1.64. The number of ether oxygens (including phenoxy) is 1. The number of halogens is 1. The molecule has 0 spiro atoms. The van der Waals surface area contributed by atoms with Gasteiger partial charge in [0.05, 0.1) is 10.6 Å². The molecule has 2 N–H and O–H groups in total. The van der Waals surface area contributed by atoms with Gasteiger partial charge in [-0.1, -0.05) is 0 Å². The van der Waals surface area contributed by atoms with Gasteiger partial charge in [0, 0.05) is 0 Å². The van der Waals surface area contributed by atoms with Crippen LogP contribution in [0.1, 0.15) is 16.8 Å². The Morgan fingerprint density at radius 3 is 2.80 bits per heavy atom. The Morgan fingerprint density at radius 2 is 2.27 bits per heavy atom. The lowest BCUT2D eigenvalue weighted by Gasteiger charge is -2.01. The minimum atomic E-state index is -0.749. The summed E-state index contributed by atoms with van der Waals surface area (Å²) in [6.45, 7) is -1.06. The topological polar surface area (TPSA) is 69.4 Å². The fourth-order valence-corrected chi connectivity index (χ4v) is 1.64. The molecule has 1 heterocycles. The first-order valence-electron chi connectivity index (χ1n) is 4.23. The lowest BCUT2D eigenvalue weighted by atomic mass is 10.1. The van der Waals surface area contributed by atoms with E-state index < -0.39 is 24.8 Å². The predicted octanol–water partition coefficient (Wildman–Crippen LogP) is 1.42. The summed E-state index contributed by atoms with van der Waals surface area (Å²) in [7, 11) is 0. The normalized spacial score (nSPS) is 9.93. The van der Waals surface area contributed by atoms with Gasteiger partial charge in [0.15, 0.2) is 5.78 Å². The summed E-state index contributed by atoms with van der Waals surface area (Å²) in [5.41, 5.74) is 5.82. The van der Waals surface area contributed by atoms with Crippen LogP contribution in [0.5, 0.6) is 0 Å². The molecular formula is C9H10FNO3S. The molecule has 0 aliphatic rings. The van der Waals surface area contributed by atoms with Gasteiger partial charge >= 0.3 is 5.97 Å². The summed E-state index contributed by atoms with van der Waals surface area (Å²) in [6.07, 6.45) is -0.402. The number of esters is 1. The molecule has 0 bridgehead atoms. The van der Waals surface area contributed by atoms with Gasteiger partial charge in [0.1, 0.15) is 19.7 Å². The van der Waals surface area contributed by atoms with Crippen LogP contribution < -0.4 is 5.73 Å². The number of alkyl halides is 1. The largest absolute Gasteiger partial charge is 0.463 e. The minimum absolute atomic E-state index is 0.314. The molecule has 0 fully saturated rings. The molecule has 1 aromatic heterocycles. The first-order valence-corrected chi connectivity index (χ1v) is 5.11. The van der Waals surface area contributed by atoms with Crippen LogP contribution in [0.2, 0.25) is 0 Å². The maximum atomic E-state index is 11.6. The number of thiophene rings is 1. The summed E-state index contributed by atoms with van der Waals surface area (Å²) in [5, 5.41) is 2.04. The van der Waals surface area contributed by atoms with Gasteiger partial charge < -0.3 is 10.5 Å². The fourth-order valence-electron chi connectivity index (χ4n) is 0.981. The average Bonchev–Trinajstić information content (AvgIpc) is 2.61. The Bertz CT molecular complexity index is 364. The maximum absolute atomic E-state index is 11.6. The Kier molecular flexibility index (Phi) is 4.23. The van der Waals surface area contributed by atoms with Gasteiger partial charge in [0.25, 0.3) is 0 Å². The van der Waals surface area contributed by atoms with Crippen LogP contribution >= 0.6 is 11.3 Å². The molecular weight excluding hydrogens is 221 g/mol. The van der Waals surface area contributed by atoms with Crippen molar-refractivity contribution in [2.24, 2.45) is 0 Å². The number of hydrogen-bond acceptors (Lipinski definition) is 5. The number of nitrogens with two attached hydrogens (primary N) is 1. The standard InChI is InChI=1S/C9H10FNO3S/c10-2-3-14-8(13)5-7(12)6-1-4-15-9(6)11/h1,4H,2-3,5,11H2. The van der Waals surface area contributed by atoms with Gasteiger partial charge in [-0.25, -0.2) is 4.39 Å². The predicted molar refractivity (Wildman–Crippen MR) is 54.6 cm³/mol. The van der Waals surface area contributed by atoms with Crippen LogP contribution in [0.3, 0.4) is 0 Å². The number of carbonyl (C=O) groups excluding carboxylic acids is 2. The molecule has 4 nitrogen and oxygen atoms in total. The van der Waals surface area contributed by atoms with Gasteiger partial charge in [0.2, 0.25) is 0 Å². The number of ketones is 1. The summed E-state index contributed by atoms with van der Waals surface area (Å²) < 4.78 is 16.1. The molecule has 0 aliphatic carbocycles. The first kappa shape index (κ1) is 11.6. The number of rotatable bonds is 5. The zero-order chi connectivity index (χ0) is 11.3. The average molecular weight is 231 g/mol. The van der Waals surface area contributed by atoms with E-state index in [-0.39, 0.29) is 6.61 Å². The summed E-state index contributed by atoms with van der Waals surface area (Å²) in [5.74, 6) is -1.14. The van der Waals surface area contributed by atoms with E-state index in [2.05, 4.69) is 4.74 Å². The van der Waals surface area contributed by atoms with Crippen LogP contribution in [0.15, 0.2) is 11.4 Å². The molecule has 0 atom stereocenters. The molecule has 0 amide bonds. The second-order valence-corrected chi connectivity index (χ2v) is 3.66. The highest BCUT2D eigenvalue weighted by Crippen LogP contribution is 2.20. The lowest BCUT2D eigenvalue weighted by Crippen LogP contribution is -2.13. The van der Waals surface area contributed by atoms with Crippen molar-refractivity contribution in [3.05, 3.63) is 17.0 Å². The molecule has 15 heavy (non-hydrogen) atoms. The van der Waals surface area contributed by atoms with Crippen molar-refractivity contribution < 1.29 is 18.7 Å². The molecule has 0 saturated carbocycles. The van der Waals surface area contributed by atoms with E-state index in [1.165, 1.54) is 11.3 Å². The third-order valence-corrected chi connectivity index (χ3v) is 2.39. The van der Waals surface area contributed by atoms with Crippen molar-refractivity contribution in [2.75, 3.05) is 19.0 Å². The highest BCUT2D eigenvalue weighted by atomic mass is 32.1. The van der Waals surface area contributed by atoms with Crippen LogP contribution in [0, 0.1) is 0 Å². The van der Waals surface area contributed by atoms with Crippen LogP contribution in [0.25, 0.3) is 0 Å². The van der Waals surface area contributed by atoms with Crippen molar-refractivity contribution >= 4 is 28.1 Å². The number of Topliss-reactive ketones (excluding diaryl/α,β-unsaturated/α-hetero) is 1. The van der Waals surface area contributed by atoms with Gasteiger partial charge in [-0.15, -0.1) is 11.3 Å². The third kappa shape index (κ3) is 3.32. The van der Waals surface area contributed by atoms with E-state index in [1.54, 1.807) is 11.4 Å². The molecule has 0 saturated heterocycles. The van der Waals surface area contributed by atoms with Crippen molar-refractivity contribution in [2.45, 2.75) is 6.42 Å². The zero-order valence-electron chi connectivity index (χ0n) is 7.86. The molecule has 1 aromatic rings. The fraction of sp³-hybridized carbons (Fsp3) is 0.333. The summed E-state index contributed by atoms with van der Waals surface area (Å²) in [4.78, 5) is 22.4.